The number of aromatic nitrogens is 1. The third-order valence-corrected chi connectivity index (χ3v) is 3.47. The van der Waals surface area contributed by atoms with Gasteiger partial charge in [-0.25, -0.2) is 4.98 Å². The van der Waals surface area contributed by atoms with Gasteiger partial charge in [0.1, 0.15) is 5.82 Å². The summed E-state index contributed by atoms with van der Waals surface area (Å²) in [4.78, 5) is 16.3. The average molecular weight is 313 g/mol. The summed E-state index contributed by atoms with van der Waals surface area (Å²) >= 11 is 0. The number of nitrogens with zero attached hydrogens (tertiary/aromatic N) is 1. The van der Waals surface area contributed by atoms with Crippen molar-refractivity contribution in [2.24, 2.45) is 0 Å². The monoisotopic (exact) mass is 313 g/mol. The fourth-order valence-corrected chi connectivity index (χ4v) is 2.13. The highest BCUT2D eigenvalue weighted by Crippen LogP contribution is 2.16. The molecule has 2 N–H and O–H groups in total. The van der Waals surface area contributed by atoms with Crippen LogP contribution in [0, 0.1) is 0 Å². The third kappa shape index (κ3) is 5.38. The van der Waals surface area contributed by atoms with Gasteiger partial charge in [0.15, 0.2) is 0 Å². The highest BCUT2D eigenvalue weighted by atomic mass is 16.5. The lowest BCUT2D eigenvalue weighted by molar-refractivity contribution is 0.0948. The highest BCUT2D eigenvalue weighted by Gasteiger charge is 2.06. The van der Waals surface area contributed by atoms with Crippen molar-refractivity contribution in [3.05, 3.63) is 53.7 Å². The Morgan fingerprint density at radius 3 is 2.70 bits per heavy atom. The number of pyridine rings is 1. The lowest BCUT2D eigenvalue weighted by atomic mass is 10.1. The minimum Gasteiger partial charge on any atom is -0.385 e. The van der Waals surface area contributed by atoms with Crippen molar-refractivity contribution in [2.45, 2.75) is 19.8 Å². The largest absolute Gasteiger partial charge is 0.385 e. The number of hydrogen-bond acceptors (Lipinski definition) is 4. The molecule has 0 saturated heterocycles. The summed E-state index contributed by atoms with van der Waals surface area (Å²) in [7, 11) is 1.65. The third-order valence-electron chi connectivity index (χ3n) is 3.47. The maximum atomic E-state index is 12.1. The van der Waals surface area contributed by atoms with Crippen molar-refractivity contribution in [3.8, 4) is 0 Å². The number of ether oxygens (including phenoxy) is 1. The van der Waals surface area contributed by atoms with Gasteiger partial charge in [-0.15, -0.1) is 0 Å². The van der Waals surface area contributed by atoms with E-state index in [-0.39, 0.29) is 5.91 Å². The van der Waals surface area contributed by atoms with E-state index in [9.17, 15) is 4.79 Å². The van der Waals surface area contributed by atoms with Crippen molar-refractivity contribution in [2.75, 3.05) is 25.6 Å². The predicted molar refractivity (Wildman–Crippen MR) is 92.2 cm³/mol. The van der Waals surface area contributed by atoms with E-state index >= 15 is 0 Å². The Morgan fingerprint density at radius 1 is 1.22 bits per heavy atom. The first-order valence-electron chi connectivity index (χ1n) is 7.82. The van der Waals surface area contributed by atoms with E-state index in [0.29, 0.717) is 24.5 Å². The van der Waals surface area contributed by atoms with Crippen molar-refractivity contribution in [1.82, 2.24) is 10.3 Å². The second kappa shape index (κ2) is 8.90. The number of methoxy groups -OCH3 is 1. The lowest BCUT2D eigenvalue weighted by Crippen LogP contribution is -2.25. The zero-order valence-electron chi connectivity index (χ0n) is 13.6. The van der Waals surface area contributed by atoms with Gasteiger partial charge in [0, 0.05) is 37.7 Å². The minimum absolute atomic E-state index is 0.104. The van der Waals surface area contributed by atoms with E-state index in [1.165, 1.54) is 5.56 Å². The summed E-state index contributed by atoms with van der Waals surface area (Å²) in [5.41, 5.74) is 2.82. The van der Waals surface area contributed by atoms with E-state index < -0.39 is 0 Å². The van der Waals surface area contributed by atoms with Crippen LogP contribution in [0.4, 0.5) is 11.5 Å². The number of aryl methyl sites for hydroxylation is 1. The minimum atomic E-state index is -0.104. The van der Waals surface area contributed by atoms with Crippen LogP contribution in [0.15, 0.2) is 42.6 Å². The first-order chi connectivity index (χ1) is 11.2. The van der Waals surface area contributed by atoms with Crippen LogP contribution in [-0.4, -0.2) is 31.2 Å². The summed E-state index contributed by atoms with van der Waals surface area (Å²) in [5.74, 6) is 0.548. The van der Waals surface area contributed by atoms with Crippen LogP contribution in [0.25, 0.3) is 0 Å². The van der Waals surface area contributed by atoms with Gasteiger partial charge in [-0.1, -0.05) is 19.1 Å². The Balaban J connectivity index is 1.96. The van der Waals surface area contributed by atoms with E-state index in [0.717, 1.165) is 18.5 Å². The molecule has 1 amide bonds. The molecule has 1 heterocycles. The maximum absolute atomic E-state index is 12.1. The molecule has 1 aromatic carbocycles. The molecule has 2 aromatic rings. The average Bonchev–Trinajstić information content (AvgIpc) is 2.59. The first kappa shape index (κ1) is 17.0. The molecule has 5 heteroatoms. The van der Waals surface area contributed by atoms with E-state index in [1.54, 1.807) is 25.4 Å². The molecule has 0 spiro atoms. The number of anilines is 2. The molecule has 0 aliphatic heterocycles. The van der Waals surface area contributed by atoms with Crippen LogP contribution in [0.1, 0.15) is 29.3 Å². The second-order valence-corrected chi connectivity index (χ2v) is 5.21. The van der Waals surface area contributed by atoms with Gasteiger partial charge in [0.25, 0.3) is 5.91 Å². The number of carbonyl (C=O) groups excluding carboxylic acids is 1. The molecule has 5 nitrogen and oxygen atoms in total. The van der Waals surface area contributed by atoms with E-state index in [1.807, 2.05) is 12.1 Å². The maximum Gasteiger partial charge on any atom is 0.251 e. The molecule has 2 rings (SSSR count). The van der Waals surface area contributed by atoms with Gasteiger partial charge in [-0.2, -0.15) is 0 Å². The predicted octanol–water partition coefficient (Wildman–Crippen LogP) is 3.15. The van der Waals surface area contributed by atoms with E-state index in [2.05, 4.69) is 34.7 Å². The molecule has 122 valence electrons. The zero-order chi connectivity index (χ0) is 16.5. The number of carbonyl (C=O) groups is 1. The summed E-state index contributed by atoms with van der Waals surface area (Å²) in [6, 6.07) is 11.6. The molecule has 1 aromatic heterocycles. The number of rotatable bonds is 8. The second-order valence-electron chi connectivity index (χ2n) is 5.21. The molecular formula is C18H23N3O2. The Labute approximate surface area is 137 Å². The highest BCUT2D eigenvalue weighted by molar-refractivity contribution is 5.94. The van der Waals surface area contributed by atoms with Crippen LogP contribution < -0.4 is 10.6 Å². The summed E-state index contributed by atoms with van der Waals surface area (Å²) in [6.07, 6.45) is 3.44. The van der Waals surface area contributed by atoms with Crippen LogP contribution >= 0.6 is 0 Å². The van der Waals surface area contributed by atoms with Gasteiger partial charge in [-0.05, 0) is 42.7 Å². The molecule has 0 saturated carbocycles. The molecular weight excluding hydrogens is 290 g/mol. The number of benzene rings is 1. The van der Waals surface area contributed by atoms with E-state index in [4.69, 9.17) is 4.74 Å². The number of amides is 1. The van der Waals surface area contributed by atoms with Crippen LogP contribution in [0.2, 0.25) is 0 Å². The molecule has 0 bridgehead atoms. The number of hydrogen-bond donors (Lipinski definition) is 2. The molecule has 0 radical (unpaired) electrons. The summed E-state index contributed by atoms with van der Waals surface area (Å²) in [6.45, 7) is 3.35. The van der Waals surface area contributed by atoms with Gasteiger partial charge < -0.3 is 15.4 Å². The first-order valence-corrected chi connectivity index (χ1v) is 7.82. The topological polar surface area (TPSA) is 63.2 Å². The standard InChI is InChI=1S/C18H23N3O2/c1-3-14-5-7-16(8-6-14)21-17-13-15(9-11-19-17)18(22)20-10-4-12-23-2/h5-9,11,13H,3-4,10,12H2,1-2H3,(H,19,21)(H,20,22). The van der Waals surface area contributed by atoms with Crippen molar-refractivity contribution >= 4 is 17.4 Å². The zero-order valence-corrected chi connectivity index (χ0v) is 13.6. The van der Waals surface area contributed by atoms with Gasteiger partial charge in [-0.3, -0.25) is 4.79 Å². The SMILES string of the molecule is CCc1ccc(Nc2cc(C(=O)NCCCOC)ccn2)cc1. The quantitative estimate of drug-likeness (QED) is 0.735. The Bertz CT molecular complexity index is 626. The van der Waals surface area contributed by atoms with Crippen LogP contribution in [0.3, 0.4) is 0 Å². The molecule has 0 fully saturated rings. The van der Waals surface area contributed by atoms with Gasteiger partial charge >= 0.3 is 0 Å². The molecule has 0 unspecified atom stereocenters. The molecule has 23 heavy (non-hydrogen) atoms. The van der Waals surface area contributed by atoms with Crippen molar-refractivity contribution in [3.63, 3.8) is 0 Å². The Hall–Kier alpha value is -2.40. The Morgan fingerprint density at radius 2 is 2.00 bits per heavy atom. The number of nitrogens with one attached hydrogen (secondary N) is 2. The fraction of sp³-hybridized carbons (Fsp3) is 0.333. The summed E-state index contributed by atoms with van der Waals surface area (Å²) < 4.78 is 4.96. The van der Waals surface area contributed by atoms with Crippen LogP contribution in [0.5, 0.6) is 0 Å². The smallest absolute Gasteiger partial charge is 0.251 e. The molecule has 0 atom stereocenters. The normalized spacial score (nSPS) is 10.3. The van der Waals surface area contributed by atoms with Crippen LogP contribution in [-0.2, 0) is 11.2 Å². The van der Waals surface area contributed by atoms with Crippen molar-refractivity contribution in [1.29, 1.82) is 0 Å². The summed E-state index contributed by atoms with van der Waals surface area (Å²) in [5, 5.41) is 6.08. The fourth-order valence-electron chi connectivity index (χ4n) is 2.13. The van der Waals surface area contributed by atoms with Crippen molar-refractivity contribution < 1.29 is 9.53 Å². The molecule has 0 aliphatic rings. The lowest BCUT2D eigenvalue weighted by Gasteiger charge is -2.09. The van der Waals surface area contributed by atoms with Gasteiger partial charge in [0.2, 0.25) is 0 Å². The van der Waals surface area contributed by atoms with Gasteiger partial charge in [0.05, 0.1) is 0 Å². The molecule has 0 aliphatic carbocycles. The Kier molecular flexibility index (Phi) is 6.56.